The van der Waals surface area contributed by atoms with Crippen LogP contribution in [0.1, 0.15) is 44.7 Å². The fraction of sp³-hybridized carbons (Fsp3) is 0.409. The van der Waals surface area contributed by atoms with Crippen molar-refractivity contribution < 1.29 is 17.9 Å². The second-order valence-electron chi connectivity index (χ2n) is 8.02. The molecule has 0 spiro atoms. The highest BCUT2D eigenvalue weighted by Crippen LogP contribution is 2.24. The number of hydrogen-bond donors (Lipinski definition) is 2. The van der Waals surface area contributed by atoms with Crippen LogP contribution in [0.15, 0.2) is 53.4 Å². The summed E-state index contributed by atoms with van der Waals surface area (Å²) in [6.45, 7) is 7.48. The summed E-state index contributed by atoms with van der Waals surface area (Å²) < 4.78 is 28.2. The van der Waals surface area contributed by atoms with Crippen LogP contribution in [0.2, 0.25) is 0 Å². The predicted molar refractivity (Wildman–Crippen MR) is 114 cm³/mol. The largest absolute Gasteiger partial charge is 0.494 e. The van der Waals surface area contributed by atoms with Crippen LogP contribution in [0, 0.1) is 0 Å². The molecule has 0 radical (unpaired) electrons. The van der Waals surface area contributed by atoms with Crippen molar-refractivity contribution in [2.45, 2.75) is 50.3 Å². The van der Waals surface area contributed by atoms with Gasteiger partial charge >= 0.3 is 0 Å². The molecule has 0 heterocycles. The first-order valence-electron chi connectivity index (χ1n) is 9.67. The number of hydrogen-bond acceptors (Lipinski definition) is 4. The van der Waals surface area contributed by atoms with Gasteiger partial charge in [-0.25, -0.2) is 13.6 Å². The molecule has 0 fully saturated rings. The van der Waals surface area contributed by atoms with Gasteiger partial charge in [-0.2, -0.15) is 0 Å². The zero-order chi connectivity index (χ0) is 21.5. The molecule has 0 bridgehead atoms. The average Bonchev–Trinajstić information content (AvgIpc) is 2.65. The van der Waals surface area contributed by atoms with Gasteiger partial charge in [0.05, 0.1) is 11.5 Å². The molecular weight excluding hydrogens is 388 g/mol. The first-order chi connectivity index (χ1) is 13.6. The summed E-state index contributed by atoms with van der Waals surface area (Å²) in [6.07, 6.45) is 1.65. The van der Waals surface area contributed by atoms with E-state index < -0.39 is 10.0 Å². The van der Waals surface area contributed by atoms with Crippen LogP contribution >= 0.6 is 0 Å². The van der Waals surface area contributed by atoms with Crippen molar-refractivity contribution >= 4 is 15.9 Å². The molecule has 0 atom stereocenters. The summed E-state index contributed by atoms with van der Waals surface area (Å²) in [5, 5.41) is 7.93. The minimum Gasteiger partial charge on any atom is -0.494 e. The Balaban J connectivity index is 1.64. The van der Waals surface area contributed by atoms with E-state index in [1.54, 1.807) is 12.1 Å². The zero-order valence-electron chi connectivity index (χ0n) is 17.3. The van der Waals surface area contributed by atoms with Gasteiger partial charge in [-0.05, 0) is 53.6 Å². The van der Waals surface area contributed by atoms with E-state index in [0.29, 0.717) is 32.4 Å². The van der Waals surface area contributed by atoms with Crippen molar-refractivity contribution in [3.05, 3.63) is 59.7 Å². The number of amides is 1. The fourth-order valence-corrected chi connectivity index (χ4v) is 3.27. The molecule has 0 unspecified atom stereocenters. The van der Waals surface area contributed by atoms with Crippen molar-refractivity contribution in [3.8, 4) is 5.75 Å². The fourth-order valence-electron chi connectivity index (χ4n) is 2.75. The van der Waals surface area contributed by atoms with Crippen LogP contribution < -0.4 is 15.2 Å². The van der Waals surface area contributed by atoms with E-state index >= 15 is 0 Å². The maximum Gasteiger partial charge on any atom is 0.238 e. The zero-order valence-corrected chi connectivity index (χ0v) is 18.1. The van der Waals surface area contributed by atoms with Crippen LogP contribution in [-0.4, -0.2) is 27.5 Å². The van der Waals surface area contributed by atoms with Gasteiger partial charge in [-0.15, -0.1) is 0 Å². The molecule has 0 aromatic heterocycles. The lowest BCUT2D eigenvalue weighted by Crippen LogP contribution is -2.25. The van der Waals surface area contributed by atoms with Crippen LogP contribution in [-0.2, 0) is 26.7 Å². The Hall–Kier alpha value is -2.38. The summed E-state index contributed by atoms with van der Waals surface area (Å²) in [4.78, 5) is 12.0. The summed E-state index contributed by atoms with van der Waals surface area (Å²) in [5.41, 5.74) is 2.30. The van der Waals surface area contributed by atoms with E-state index in [4.69, 9.17) is 9.88 Å². The summed E-state index contributed by atoms with van der Waals surface area (Å²) in [7, 11) is -3.68. The lowest BCUT2D eigenvalue weighted by Gasteiger charge is -2.19. The predicted octanol–water partition coefficient (Wildman–Crippen LogP) is 3.15. The van der Waals surface area contributed by atoms with E-state index in [1.165, 1.54) is 17.7 Å². The van der Waals surface area contributed by atoms with Gasteiger partial charge in [0.1, 0.15) is 5.75 Å². The number of carbonyl (C=O) groups is 1. The molecule has 2 aromatic rings. The molecule has 0 aliphatic rings. The van der Waals surface area contributed by atoms with Gasteiger partial charge < -0.3 is 10.1 Å². The quantitative estimate of drug-likeness (QED) is 0.611. The maximum atomic E-state index is 11.9. The monoisotopic (exact) mass is 418 g/mol. The third-order valence-electron chi connectivity index (χ3n) is 4.52. The Morgan fingerprint density at radius 1 is 1.03 bits per heavy atom. The minimum absolute atomic E-state index is 0.0298. The molecule has 6 nitrogen and oxygen atoms in total. The van der Waals surface area contributed by atoms with Crippen LogP contribution in [0.25, 0.3) is 0 Å². The molecular formula is C22H30N2O4S. The second-order valence-corrected chi connectivity index (χ2v) is 9.58. The van der Waals surface area contributed by atoms with Gasteiger partial charge in [0.15, 0.2) is 0 Å². The molecule has 0 aliphatic carbocycles. The maximum absolute atomic E-state index is 11.9. The number of primary sulfonamides is 1. The van der Waals surface area contributed by atoms with Gasteiger partial charge in [-0.3, -0.25) is 4.79 Å². The van der Waals surface area contributed by atoms with Crippen molar-refractivity contribution in [2.24, 2.45) is 5.14 Å². The van der Waals surface area contributed by atoms with Gasteiger partial charge in [0.25, 0.3) is 0 Å². The smallest absolute Gasteiger partial charge is 0.238 e. The average molecular weight is 419 g/mol. The van der Waals surface area contributed by atoms with Gasteiger partial charge in [0, 0.05) is 13.0 Å². The highest BCUT2D eigenvalue weighted by Gasteiger charge is 2.13. The van der Waals surface area contributed by atoms with Crippen LogP contribution in [0.3, 0.4) is 0 Å². The van der Waals surface area contributed by atoms with E-state index in [1.807, 2.05) is 12.1 Å². The first-order valence-corrected chi connectivity index (χ1v) is 11.2. The Bertz CT molecular complexity index is 899. The van der Waals surface area contributed by atoms with E-state index in [2.05, 4.69) is 38.2 Å². The normalized spacial score (nSPS) is 11.9. The Morgan fingerprint density at radius 3 is 2.21 bits per heavy atom. The number of nitrogens with two attached hydrogens (primary N) is 1. The summed E-state index contributed by atoms with van der Waals surface area (Å²) in [5.74, 6) is 0.777. The lowest BCUT2D eigenvalue weighted by atomic mass is 9.87. The van der Waals surface area contributed by atoms with E-state index in [0.717, 1.165) is 11.3 Å². The van der Waals surface area contributed by atoms with Crippen molar-refractivity contribution in [3.63, 3.8) is 0 Å². The Morgan fingerprint density at radius 2 is 1.66 bits per heavy atom. The topological polar surface area (TPSA) is 98.5 Å². The van der Waals surface area contributed by atoms with Crippen LogP contribution in [0.4, 0.5) is 0 Å². The third-order valence-corrected chi connectivity index (χ3v) is 5.45. The second kappa shape index (κ2) is 9.89. The molecule has 0 saturated carbocycles. The number of ether oxygens (including phenoxy) is 1. The van der Waals surface area contributed by atoms with Gasteiger partial charge in [-0.1, -0.05) is 45.0 Å². The summed E-state index contributed by atoms with van der Waals surface area (Å²) in [6, 6.07) is 14.4. The molecule has 3 N–H and O–H groups in total. The molecule has 0 aliphatic heterocycles. The number of carbonyl (C=O) groups excluding carboxylic acids is 1. The molecule has 1 amide bonds. The third kappa shape index (κ3) is 7.87. The van der Waals surface area contributed by atoms with Crippen LogP contribution in [0.5, 0.6) is 5.75 Å². The molecule has 0 saturated heterocycles. The minimum atomic E-state index is -3.68. The van der Waals surface area contributed by atoms with Gasteiger partial charge in [0.2, 0.25) is 15.9 Å². The van der Waals surface area contributed by atoms with Crippen molar-refractivity contribution in [2.75, 3.05) is 13.2 Å². The molecule has 158 valence electrons. The standard InChI is InChI=1S/C22H30N2O4S/c1-22(2,3)18-8-10-19(11-9-18)28-16-4-5-21(25)24-15-14-17-6-12-20(13-7-17)29(23,26)27/h6-13H,4-5,14-16H2,1-3H3,(H,24,25)(H2,23,26,27). The van der Waals surface area contributed by atoms with E-state index in [9.17, 15) is 13.2 Å². The highest BCUT2D eigenvalue weighted by atomic mass is 32.2. The molecule has 7 heteroatoms. The summed E-state index contributed by atoms with van der Waals surface area (Å²) >= 11 is 0. The van der Waals surface area contributed by atoms with Crippen molar-refractivity contribution in [1.82, 2.24) is 5.32 Å². The number of rotatable bonds is 9. The number of sulfonamides is 1. The highest BCUT2D eigenvalue weighted by molar-refractivity contribution is 7.89. The van der Waals surface area contributed by atoms with Crippen molar-refractivity contribution in [1.29, 1.82) is 0 Å². The lowest BCUT2D eigenvalue weighted by molar-refractivity contribution is -0.121. The Labute approximate surface area is 173 Å². The number of benzene rings is 2. The SMILES string of the molecule is CC(C)(C)c1ccc(OCCCC(=O)NCCc2ccc(S(N)(=O)=O)cc2)cc1. The Kier molecular flexibility index (Phi) is 7.81. The molecule has 2 rings (SSSR count). The van der Waals surface area contributed by atoms with E-state index in [-0.39, 0.29) is 16.2 Å². The first kappa shape index (κ1) is 22.9. The molecule has 29 heavy (non-hydrogen) atoms. The number of nitrogens with one attached hydrogen (secondary N) is 1. The molecule has 2 aromatic carbocycles.